The molecule has 13 heavy (non-hydrogen) atoms. The fraction of sp³-hybridized carbons (Fsp3) is 0.700. The van der Waals surface area contributed by atoms with Gasteiger partial charge in [-0.25, -0.2) is 4.79 Å². The van der Waals surface area contributed by atoms with E-state index in [0.717, 1.165) is 12.8 Å². The van der Waals surface area contributed by atoms with Gasteiger partial charge in [0, 0.05) is 18.6 Å². The average molecular weight is 186 g/mol. The number of allylic oxidation sites excluding steroid dienone is 1. The SMILES string of the molecule is CCCC=C(C)C(=O)OCCCO. The first kappa shape index (κ1) is 12.2. The van der Waals surface area contributed by atoms with Crippen LogP contribution in [0.3, 0.4) is 0 Å². The van der Waals surface area contributed by atoms with E-state index < -0.39 is 0 Å². The molecule has 0 bridgehead atoms. The summed E-state index contributed by atoms with van der Waals surface area (Å²) in [5.41, 5.74) is 0.653. The predicted octanol–water partition coefficient (Wildman–Crippen LogP) is 1.66. The van der Waals surface area contributed by atoms with E-state index in [0.29, 0.717) is 18.6 Å². The van der Waals surface area contributed by atoms with Crippen LogP contribution in [0.15, 0.2) is 11.6 Å². The Balaban J connectivity index is 3.69. The number of unbranched alkanes of at least 4 members (excludes halogenated alkanes) is 1. The van der Waals surface area contributed by atoms with E-state index in [2.05, 4.69) is 6.92 Å². The summed E-state index contributed by atoms with van der Waals surface area (Å²) in [4.78, 5) is 11.2. The Bertz CT molecular complexity index is 173. The molecule has 76 valence electrons. The maximum Gasteiger partial charge on any atom is 0.333 e. The van der Waals surface area contributed by atoms with Gasteiger partial charge in [0.2, 0.25) is 0 Å². The lowest BCUT2D eigenvalue weighted by molar-refractivity contribution is -0.139. The third-order valence-electron chi connectivity index (χ3n) is 1.60. The molecule has 0 aliphatic carbocycles. The number of hydrogen-bond acceptors (Lipinski definition) is 3. The first-order valence-corrected chi connectivity index (χ1v) is 4.67. The van der Waals surface area contributed by atoms with Crippen LogP contribution in [0.5, 0.6) is 0 Å². The van der Waals surface area contributed by atoms with Gasteiger partial charge in [0.1, 0.15) is 0 Å². The van der Waals surface area contributed by atoms with Crippen LogP contribution in [0.25, 0.3) is 0 Å². The van der Waals surface area contributed by atoms with Gasteiger partial charge in [-0.1, -0.05) is 19.4 Å². The molecule has 0 amide bonds. The summed E-state index contributed by atoms with van der Waals surface area (Å²) in [5, 5.41) is 8.45. The summed E-state index contributed by atoms with van der Waals surface area (Å²) < 4.78 is 4.87. The second-order valence-electron chi connectivity index (χ2n) is 2.89. The average Bonchev–Trinajstić information content (AvgIpc) is 2.14. The van der Waals surface area contributed by atoms with Crippen molar-refractivity contribution in [3.05, 3.63) is 11.6 Å². The molecule has 0 spiro atoms. The van der Waals surface area contributed by atoms with Crippen molar-refractivity contribution in [2.45, 2.75) is 33.1 Å². The van der Waals surface area contributed by atoms with Crippen LogP contribution >= 0.6 is 0 Å². The predicted molar refractivity (Wildman–Crippen MR) is 51.3 cm³/mol. The second kappa shape index (κ2) is 7.80. The van der Waals surface area contributed by atoms with Crippen LogP contribution < -0.4 is 0 Å². The zero-order valence-electron chi connectivity index (χ0n) is 8.38. The van der Waals surface area contributed by atoms with Gasteiger partial charge in [0.05, 0.1) is 6.61 Å². The van der Waals surface area contributed by atoms with Crippen molar-refractivity contribution in [2.24, 2.45) is 0 Å². The van der Waals surface area contributed by atoms with E-state index in [4.69, 9.17) is 9.84 Å². The van der Waals surface area contributed by atoms with Crippen LogP contribution in [0, 0.1) is 0 Å². The summed E-state index contributed by atoms with van der Waals surface area (Å²) in [6, 6.07) is 0. The zero-order valence-corrected chi connectivity index (χ0v) is 8.38. The molecular weight excluding hydrogens is 168 g/mol. The van der Waals surface area contributed by atoms with Gasteiger partial charge < -0.3 is 9.84 Å². The molecule has 0 aliphatic heterocycles. The van der Waals surface area contributed by atoms with Crippen LogP contribution in [0.1, 0.15) is 33.1 Å². The van der Waals surface area contributed by atoms with Gasteiger partial charge in [0.15, 0.2) is 0 Å². The van der Waals surface area contributed by atoms with Crippen molar-refractivity contribution in [1.29, 1.82) is 0 Å². The molecule has 0 rings (SSSR count). The fourth-order valence-electron chi connectivity index (χ4n) is 0.787. The third kappa shape index (κ3) is 6.34. The highest BCUT2D eigenvalue weighted by atomic mass is 16.5. The van der Waals surface area contributed by atoms with Gasteiger partial charge in [0.25, 0.3) is 0 Å². The minimum Gasteiger partial charge on any atom is -0.462 e. The second-order valence-corrected chi connectivity index (χ2v) is 2.89. The summed E-state index contributed by atoms with van der Waals surface area (Å²) in [6.07, 6.45) is 4.32. The molecule has 0 aromatic rings. The largest absolute Gasteiger partial charge is 0.462 e. The van der Waals surface area contributed by atoms with Gasteiger partial charge in [-0.3, -0.25) is 0 Å². The molecule has 0 radical (unpaired) electrons. The maximum absolute atomic E-state index is 11.2. The zero-order chi connectivity index (χ0) is 10.1. The van der Waals surface area contributed by atoms with Crippen molar-refractivity contribution < 1.29 is 14.6 Å². The number of aliphatic hydroxyl groups is 1. The monoisotopic (exact) mass is 186 g/mol. The number of ether oxygens (including phenoxy) is 1. The van der Waals surface area contributed by atoms with Gasteiger partial charge in [-0.2, -0.15) is 0 Å². The fourth-order valence-corrected chi connectivity index (χ4v) is 0.787. The quantitative estimate of drug-likeness (QED) is 0.390. The minimum absolute atomic E-state index is 0.0605. The summed E-state index contributed by atoms with van der Waals surface area (Å²) in [5.74, 6) is -0.276. The van der Waals surface area contributed by atoms with Crippen LogP contribution in [0.4, 0.5) is 0 Å². The summed E-state index contributed by atoms with van der Waals surface area (Å²) in [7, 11) is 0. The third-order valence-corrected chi connectivity index (χ3v) is 1.60. The van der Waals surface area contributed by atoms with E-state index in [1.54, 1.807) is 6.92 Å². The molecule has 0 aromatic heterocycles. The summed E-state index contributed by atoms with van der Waals surface area (Å²) in [6.45, 7) is 4.16. The van der Waals surface area contributed by atoms with E-state index in [-0.39, 0.29) is 12.6 Å². The van der Waals surface area contributed by atoms with E-state index in [1.807, 2.05) is 6.08 Å². The lowest BCUT2D eigenvalue weighted by atomic mass is 10.2. The Kier molecular flexibility index (Phi) is 7.30. The highest BCUT2D eigenvalue weighted by Crippen LogP contribution is 2.00. The molecule has 3 heteroatoms. The van der Waals surface area contributed by atoms with Crippen molar-refractivity contribution in [1.82, 2.24) is 0 Å². The first-order chi connectivity index (χ1) is 6.22. The Morgan fingerprint density at radius 3 is 2.77 bits per heavy atom. The minimum atomic E-state index is -0.276. The van der Waals surface area contributed by atoms with Crippen LogP contribution in [-0.4, -0.2) is 24.3 Å². The maximum atomic E-state index is 11.2. The standard InChI is InChI=1S/C10H18O3/c1-3-4-6-9(2)10(12)13-8-5-7-11/h6,11H,3-5,7-8H2,1-2H3. The van der Waals surface area contributed by atoms with E-state index >= 15 is 0 Å². The van der Waals surface area contributed by atoms with Crippen molar-refractivity contribution in [3.8, 4) is 0 Å². The molecule has 0 unspecified atom stereocenters. The molecular formula is C10H18O3. The van der Waals surface area contributed by atoms with Gasteiger partial charge in [-0.15, -0.1) is 0 Å². The number of carbonyl (C=O) groups is 1. The lowest BCUT2D eigenvalue weighted by Gasteiger charge is -2.02. The molecule has 0 aromatic carbocycles. The van der Waals surface area contributed by atoms with Crippen LogP contribution in [0.2, 0.25) is 0 Å². The lowest BCUT2D eigenvalue weighted by Crippen LogP contribution is -2.07. The van der Waals surface area contributed by atoms with Gasteiger partial charge in [-0.05, 0) is 13.3 Å². The molecule has 3 nitrogen and oxygen atoms in total. The molecule has 0 atom stereocenters. The van der Waals surface area contributed by atoms with E-state index in [1.165, 1.54) is 0 Å². The topological polar surface area (TPSA) is 46.5 Å². The number of aliphatic hydroxyl groups excluding tert-OH is 1. The molecule has 0 saturated carbocycles. The molecule has 0 heterocycles. The highest BCUT2D eigenvalue weighted by molar-refractivity contribution is 5.87. The molecule has 0 aliphatic rings. The first-order valence-electron chi connectivity index (χ1n) is 4.67. The number of rotatable bonds is 6. The van der Waals surface area contributed by atoms with Crippen molar-refractivity contribution in [2.75, 3.05) is 13.2 Å². The van der Waals surface area contributed by atoms with Crippen molar-refractivity contribution >= 4 is 5.97 Å². The Morgan fingerprint density at radius 1 is 1.54 bits per heavy atom. The molecule has 1 N–H and O–H groups in total. The highest BCUT2D eigenvalue weighted by Gasteiger charge is 2.03. The summed E-state index contributed by atoms with van der Waals surface area (Å²) >= 11 is 0. The van der Waals surface area contributed by atoms with Crippen LogP contribution in [-0.2, 0) is 9.53 Å². The normalized spacial score (nSPS) is 11.5. The number of carbonyl (C=O) groups excluding carboxylic acids is 1. The number of hydrogen-bond donors (Lipinski definition) is 1. The Hall–Kier alpha value is -0.830. The van der Waals surface area contributed by atoms with Crippen molar-refractivity contribution in [3.63, 3.8) is 0 Å². The molecule has 0 fully saturated rings. The molecule has 0 saturated heterocycles. The smallest absolute Gasteiger partial charge is 0.333 e. The Labute approximate surface area is 79.4 Å². The number of esters is 1. The van der Waals surface area contributed by atoms with Gasteiger partial charge >= 0.3 is 5.97 Å². The Morgan fingerprint density at radius 2 is 2.23 bits per heavy atom. The van der Waals surface area contributed by atoms with E-state index in [9.17, 15) is 4.79 Å².